The van der Waals surface area contributed by atoms with Gasteiger partial charge in [-0.05, 0) is 26.0 Å². The van der Waals surface area contributed by atoms with Crippen molar-refractivity contribution in [3.05, 3.63) is 29.8 Å². The second-order valence-corrected chi connectivity index (χ2v) is 7.11. The summed E-state index contributed by atoms with van der Waals surface area (Å²) in [5.41, 5.74) is 1.11. The fourth-order valence-corrected chi connectivity index (χ4v) is 3.00. The Labute approximate surface area is 125 Å². The number of hydrogen-bond donors (Lipinski definition) is 1. The van der Waals surface area contributed by atoms with Gasteiger partial charge in [-0.3, -0.25) is 4.21 Å². The molecule has 2 atom stereocenters. The molecule has 0 amide bonds. The number of ether oxygens (including phenoxy) is 1. The second kappa shape index (κ2) is 9.14. The van der Waals surface area contributed by atoms with Crippen molar-refractivity contribution in [2.45, 2.75) is 45.4 Å². The van der Waals surface area contributed by atoms with Crippen LogP contribution in [0.15, 0.2) is 24.3 Å². The van der Waals surface area contributed by atoms with E-state index in [-0.39, 0.29) is 11.3 Å². The lowest BCUT2D eigenvalue weighted by Crippen LogP contribution is -2.29. The van der Waals surface area contributed by atoms with Crippen LogP contribution in [0.1, 0.15) is 45.7 Å². The summed E-state index contributed by atoms with van der Waals surface area (Å²) in [5, 5.41) is 3.68. The number of para-hydroxylation sites is 1. The van der Waals surface area contributed by atoms with E-state index in [9.17, 15) is 4.21 Å². The molecule has 114 valence electrons. The van der Waals surface area contributed by atoms with Crippen LogP contribution in [0, 0.1) is 0 Å². The van der Waals surface area contributed by atoms with Crippen LogP contribution in [-0.2, 0) is 10.8 Å². The van der Waals surface area contributed by atoms with E-state index in [2.05, 4.69) is 18.3 Å². The van der Waals surface area contributed by atoms with Crippen LogP contribution in [-0.4, -0.2) is 28.4 Å². The molecule has 20 heavy (non-hydrogen) atoms. The summed E-state index contributed by atoms with van der Waals surface area (Å²) in [5.74, 6) is 1.52. The molecule has 1 N–H and O–H groups in total. The molecule has 4 heteroatoms. The molecule has 0 aliphatic carbocycles. The van der Waals surface area contributed by atoms with E-state index in [1.165, 1.54) is 0 Å². The monoisotopic (exact) mass is 297 g/mol. The molecule has 0 fully saturated rings. The Morgan fingerprint density at radius 1 is 1.25 bits per heavy atom. The van der Waals surface area contributed by atoms with Gasteiger partial charge >= 0.3 is 0 Å². The normalized spacial score (nSPS) is 14.2. The highest BCUT2D eigenvalue weighted by Crippen LogP contribution is 2.26. The fourth-order valence-electron chi connectivity index (χ4n) is 1.99. The van der Waals surface area contributed by atoms with Crippen LogP contribution in [0.2, 0.25) is 0 Å². The van der Waals surface area contributed by atoms with Gasteiger partial charge in [-0.25, -0.2) is 0 Å². The van der Waals surface area contributed by atoms with Crippen molar-refractivity contribution in [1.82, 2.24) is 5.32 Å². The zero-order chi connectivity index (χ0) is 15.0. The summed E-state index contributed by atoms with van der Waals surface area (Å²) in [6.07, 6.45) is 1.06. The number of benzene rings is 1. The Morgan fingerprint density at radius 3 is 2.55 bits per heavy atom. The van der Waals surface area contributed by atoms with Gasteiger partial charge in [0.2, 0.25) is 0 Å². The number of nitrogens with one attached hydrogen (secondary N) is 1. The molecule has 0 saturated heterocycles. The lowest BCUT2D eigenvalue weighted by atomic mass is 10.1. The lowest BCUT2D eigenvalue weighted by Gasteiger charge is -2.22. The van der Waals surface area contributed by atoms with Gasteiger partial charge < -0.3 is 10.1 Å². The maximum absolute atomic E-state index is 12.2. The van der Waals surface area contributed by atoms with E-state index in [0.717, 1.165) is 24.3 Å². The molecule has 2 unspecified atom stereocenters. The molecule has 0 heterocycles. The van der Waals surface area contributed by atoms with Gasteiger partial charge in [0, 0.05) is 33.4 Å². The molecule has 0 saturated carbocycles. The van der Waals surface area contributed by atoms with E-state index in [1.54, 1.807) is 0 Å². The van der Waals surface area contributed by atoms with E-state index in [1.807, 2.05) is 39.0 Å². The molecule has 1 rings (SSSR count). The van der Waals surface area contributed by atoms with Crippen molar-refractivity contribution in [2.24, 2.45) is 0 Å². The highest BCUT2D eigenvalue weighted by Gasteiger charge is 2.19. The number of hydrogen-bond acceptors (Lipinski definition) is 3. The molecule has 0 aliphatic heterocycles. The average Bonchev–Trinajstić information content (AvgIpc) is 2.44. The molecule has 0 aliphatic rings. The predicted molar refractivity (Wildman–Crippen MR) is 86.8 cm³/mol. The van der Waals surface area contributed by atoms with Crippen molar-refractivity contribution in [1.29, 1.82) is 0 Å². The van der Waals surface area contributed by atoms with Gasteiger partial charge in [-0.1, -0.05) is 39.0 Å². The van der Waals surface area contributed by atoms with Gasteiger partial charge in [-0.2, -0.15) is 0 Å². The first-order valence-corrected chi connectivity index (χ1v) is 8.80. The van der Waals surface area contributed by atoms with Crippen molar-refractivity contribution in [2.75, 3.05) is 18.9 Å². The topological polar surface area (TPSA) is 38.3 Å². The lowest BCUT2D eigenvalue weighted by molar-refractivity contribution is 0.332. The highest BCUT2D eigenvalue weighted by atomic mass is 32.2. The van der Waals surface area contributed by atoms with Gasteiger partial charge in [0.25, 0.3) is 0 Å². The van der Waals surface area contributed by atoms with Gasteiger partial charge in [0.1, 0.15) is 5.75 Å². The summed E-state index contributed by atoms with van der Waals surface area (Å²) in [4.78, 5) is 0. The first kappa shape index (κ1) is 17.2. The first-order chi connectivity index (χ1) is 9.60. The first-order valence-electron chi connectivity index (χ1n) is 7.42. The third-order valence-corrected chi connectivity index (χ3v) is 4.81. The average molecular weight is 297 g/mol. The molecular formula is C16H27NO2S. The molecular weight excluding hydrogens is 270 g/mol. The van der Waals surface area contributed by atoms with Crippen molar-refractivity contribution >= 4 is 10.8 Å². The second-order valence-electron chi connectivity index (χ2n) is 5.07. The molecule has 3 nitrogen and oxygen atoms in total. The Kier molecular flexibility index (Phi) is 7.85. The Bertz CT molecular complexity index is 421. The van der Waals surface area contributed by atoms with Crippen LogP contribution in [0.25, 0.3) is 0 Å². The van der Waals surface area contributed by atoms with Crippen LogP contribution in [0.5, 0.6) is 5.75 Å². The Balaban J connectivity index is 2.94. The zero-order valence-electron chi connectivity index (χ0n) is 13.0. The summed E-state index contributed by atoms with van der Waals surface area (Å²) < 4.78 is 17.9. The zero-order valence-corrected chi connectivity index (χ0v) is 13.8. The van der Waals surface area contributed by atoms with Gasteiger partial charge in [0.15, 0.2) is 0 Å². The molecule has 1 aromatic carbocycles. The minimum Gasteiger partial charge on any atom is -0.494 e. The van der Waals surface area contributed by atoms with Crippen molar-refractivity contribution in [3.8, 4) is 5.75 Å². The summed E-state index contributed by atoms with van der Waals surface area (Å²) in [6, 6.07) is 8.12. The molecule has 0 bridgehead atoms. The van der Waals surface area contributed by atoms with E-state index in [4.69, 9.17) is 4.74 Å². The molecule has 0 aromatic heterocycles. The summed E-state index contributed by atoms with van der Waals surface area (Å²) >= 11 is 0. The molecule has 1 aromatic rings. The highest BCUT2D eigenvalue weighted by molar-refractivity contribution is 7.85. The third-order valence-electron chi connectivity index (χ3n) is 3.09. The SMILES string of the molecule is CCCNC(CS(=O)C(C)C)c1ccccc1OCC. The van der Waals surface area contributed by atoms with Crippen LogP contribution in [0.3, 0.4) is 0 Å². The predicted octanol–water partition coefficient (Wildman–Crippen LogP) is 3.28. The fraction of sp³-hybridized carbons (Fsp3) is 0.625. The van der Waals surface area contributed by atoms with Crippen LogP contribution >= 0.6 is 0 Å². The van der Waals surface area contributed by atoms with Gasteiger partial charge in [0.05, 0.1) is 6.61 Å². The smallest absolute Gasteiger partial charge is 0.124 e. The molecule has 0 spiro atoms. The van der Waals surface area contributed by atoms with E-state index < -0.39 is 10.8 Å². The van der Waals surface area contributed by atoms with E-state index in [0.29, 0.717) is 12.4 Å². The Hall–Kier alpha value is -0.870. The van der Waals surface area contributed by atoms with Crippen molar-refractivity contribution < 1.29 is 8.95 Å². The van der Waals surface area contributed by atoms with Crippen LogP contribution < -0.4 is 10.1 Å². The van der Waals surface area contributed by atoms with Crippen molar-refractivity contribution in [3.63, 3.8) is 0 Å². The minimum absolute atomic E-state index is 0.0842. The molecule has 0 radical (unpaired) electrons. The van der Waals surface area contributed by atoms with E-state index >= 15 is 0 Å². The standard InChI is InChI=1S/C16H27NO2S/c1-5-11-17-15(12-20(18)13(3)4)14-9-7-8-10-16(14)19-6-2/h7-10,13,15,17H,5-6,11-12H2,1-4H3. The quantitative estimate of drug-likeness (QED) is 0.760. The maximum Gasteiger partial charge on any atom is 0.124 e. The Morgan fingerprint density at radius 2 is 1.95 bits per heavy atom. The summed E-state index contributed by atoms with van der Waals surface area (Å²) in [7, 11) is -0.836. The van der Waals surface area contributed by atoms with Gasteiger partial charge in [-0.15, -0.1) is 0 Å². The van der Waals surface area contributed by atoms with Crippen LogP contribution in [0.4, 0.5) is 0 Å². The minimum atomic E-state index is -0.836. The summed E-state index contributed by atoms with van der Waals surface area (Å²) in [6.45, 7) is 9.68. The largest absolute Gasteiger partial charge is 0.494 e. The third kappa shape index (κ3) is 5.25. The number of rotatable bonds is 9. The maximum atomic E-state index is 12.2.